The summed E-state index contributed by atoms with van der Waals surface area (Å²) in [4.78, 5) is 0. The van der Waals surface area contributed by atoms with E-state index in [9.17, 15) is 0 Å². The summed E-state index contributed by atoms with van der Waals surface area (Å²) in [6, 6.07) is 9.74. The van der Waals surface area contributed by atoms with E-state index in [1.54, 1.807) is 0 Å². The van der Waals surface area contributed by atoms with Crippen molar-refractivity contribution in [2.24, 2.45) is 5.41 Å². The molecule has 0 amide bonds. The lowest BCUT2D eigenvalue weighted by Gasteiger charge is -2.52. The van der Waals surface area contributed by atoms with Crippen LogP contribution in [0.25, 0.3) is 0 Å². The molecule has 2 aliphatic carbocycles. The summed E-state index contributed by atoms with van der Waals surface area (Å²) < 4.78 is 0. The summed E-state index contributed by atoms with van der Waals surface area (Å²) in [5.74, 6) is 0. The number of nitrogens with one attached hydrogen (secondary N) is 1. The first kappa shape index (κ1) is 12.2. The lowest BCUT2D eigenvalue weighted by molar-refractivity contribution is 0.0221. The number of benzene rings is 1. The first-order valence-corrected chi connectivity index (χ1v) is 7.57. The highest BCUT2D eigenvalue weighted by molar-refractivity contribution is 5.21. The standard InChI is InChI=1S/C17H25N/c1-14-5-7-15(8-6-14)13-18-16-9-12-17(16)10-3-2-4-11-17/h5-8,16,18H,2-4,9-13H2,1H3/t16-/m0/s1. The van der Waals surface area contributed by atoms with E-state index in [-0.39, 0.29) is 0 Å². The molecule has 0 aliphatic heterocycles. The normalized spacial score (nSPS) is 25.9. The summed E-state index contributed by atoms with van der Waals surface area (Å²) in [7, 11) is 0. The first-order valence-electron chi connectivity index (χ1n) is 7.57. The van der Waals surface area contributed by atoms with Gasteiger partial charge in [0.25, 0.3) is 0 Å². The number of hydrogen-bond donors (Lipinski definition) is 1. The Bertz CT molecular complexity index is 387. The molecular weight excluding hydrogens is 218 g/mol. The maximum absolute atomic E-state index is 3.82. The quantitative estimate of drug-likeness (QED) is 0.839. The Morgan fingerprint density at radius 2 is 1.78 bits per heavy atom. The third-order valence-electron chi connectivity index (χ3n) is 5.19. The second-order valence-corrected chi connectivity index (χ2v) is 6.38. The monoisotopic (exact) mass is 243 g/mol. The van der Waals surface area contributed by atoms with E-state index in [0.717, 1.165) is 12.6 Å². The van der Waals surface area contributed by atoms with Gasteiger partial charge in [-0.15, -0.1) is 0 Å². The predicted molar refractivity (Wildman–Crippen MR) is 76.6 cm³/mol. The van der Waals surface area contributed by atoms with Crippen LogP contribution in [0.2, 0.25) is 0 Å². The Balaban J connectivity index is 1.55. The van der Waals surface area contributed by atoms with Gasteiger partial charge in [-0.25, -0.2) is 0 Å². The van der Waals surface area contributed by atoms with Gasteiger partial charge in [0.1, 0.15) is 0 Å². The van der Waals surface area contributed by atoms with Crippen molar-refractivity contribution in [3.05, 3.63) is 35.4 Å². The van der Waals surface area contributed by atoms with Gasteiger partial charge >= 0.3 is 0 Å². The summed E-state index contributed by atoms with van der Waals surface area (Å²) in [5, 5.41) is 3.82. The Morgan fingerprint density at radius 3 is 2.39 bits per heavy atom. The number of aryl methyl sites for hydroxylation is 1. The Morgan fingerprint density at radius 1 is 1.06 bits per heavy atom. The molecule has 1 atom stereocenters. The van der Waals surface area contributed by atoms with Gasteiger partial charge in [-0.3, -0.25) is 0 Å². The molecule has 1 aromatic carbocycles. The molecule has 1 spiro atoms. The third kappa shape index (κ3) is 2.33. The average molecular weight is 243 g/mol. The molecule has 0 heterocycles. The van der Waals surface area contributed by atoms with Crippen LogP contribution >= 0.6 is 0 Å². The molecule has 2 saturated carbocycles. The molecular formula is C17H25N. The van der Waals surface area contributed by atoms with Gasteiger partial charge < -0.3 is 5.32 Å². The molecule has 18 heavy (non-hydrogen) atoms. The summed E-state index contributed by atoms with van der Waals surface area (Å²) >= 11 is 0. The fourth-order valence-corrected chi connectivity index (χ4v) is 3.82. The summed E-state index contributed by atoms with van der Waals surface area (Å²) in [6.45, 7) is 3.20. The van der Waals surface area contributed by atoms with Crippen LogP contribution in [0.3, 0.4) is 0 Å². The topological polar surface area (TPSA) is 12.0 Å². The number of rotatable bonds is 3. The Kier molecular flexibility index (Phi) is 3.43. The molecule has 3 rings (SSSR count). The van der Waals surface area contributed by atoms with Gasteiger partial charge in [-0.05, 0) is 43.6 Å². The van der Waals surface area contributed by atoms with Crippen LogP contribution in [-0.2, 0) is 6.54 Å². The van der Waals surface area contributed by atoms with E-state index in [1.807, 2.05) is 0 Å². The molecule has 1 N–H and O–H groups in total. The molecule has 0 saturated heterocycles. The van der Waals surface area contributed by atoms with Crippen molar-refractivity contribution in [3.8, 4) is 0 Å². The Labute approximate surface area is 111 Å². The minimum atomic E-state index is 0.683. The molecule has 0 unspecified atom stereocenters. The van der Waals surface area contributed by atoms with Gasteiger partial charge in [-0.2, -0.15) is 0 Å². The van der Waals surface area contributed by atoms with E-state index in [4.69, 9.17) is 0 Å². The summed E-state index contributed by atoms with van der Waals surface area (Å²) in [6.07, 6.45) is 10.2. The van der Waals surface area contributed by atoms with Crippen LogP contribution < -0.4 is 5.32 Å². The first-order chi connectivity index (χ1) is 8.78. The average Bonchev–Trinajstić information content (AvgIpc) is 2.41. The van der Waals surface area contributed by atoms with Crippen molar-refractivity contribution in [2.45, 2.75) is 64.5 Å². The molecule has 1 heteroatoms. The zero-order valence-electron chi connectivity index (χ0n) is 11.5. The maximum Gasteiger partial charge on any atom is 0.0208 e. The minimum absolute atomic E-state index is 0.683. The van der Waals surface area contributed by atoms with E-state index in [1.165, 1.54) is 56.1 Å². The Hall–Kier alpha value is -0.820. The highest BCUT2D eigenvalue weighted by atomic mass is 15.0. The number of hydrogen-bond acceptors (Lipinski definition) is 1. The van der Waals surface area contributed by atoms with Crippen LogP contribution in [0.5, 0.6) is 0 Å². The van der Waals surface area contributed by atoms with Gasteiger partial charge in [0.2, 0.25) is 0 Å². The van der Waals surface area contributed by atoms with Crippen LogP contribution in [0, 0.1) is 12.3 Å². The van der Waals surface area contributed by atoms with Crippen LogP contribution in [0.15, 0.2) is 24.3 Å². The van der Waals surface area contributed by atoms with Crippen LogP contribution in [-0.4, -0.2) is 6.04 Å². The van der Waals surface area contributed by atoms with E-state index < -0.39 is 0 Å². The largest absolute Gasteiger partial charge is 0.309 e. The smallest absolute Gasteiger partial charge is 0.0208 e. The van der Waals surface area contributed by atoms with Crippen LogP contribution in [0.4, 0.5) is 0 Å². The van der Waals surface area contributed by atoms with Gasteiger partial charge in [-0.1, -0.05) is 49.1 Å². The second kappa shape index (κ2) is 5.05. The van der Waals surface area contributed by atoms with Gasteiger partial charge in [0, 0.05) is 12.6 Å². The van der Waals surface area contributed by atoms with Gasteiger partial charge in [0.15, 0.2) is 0 Å². The van der Waals surface area contributed by atoms with Crippen molar-refractivity contribution in [2.75, 3.05) is 0 Å². The lowest BCUT2D eigenvalue weighted by Crippen LogP contribution is -2.53. The highest BCUT2D eigenvalue weighted by Crippen LogP contribution is 2.51. The van der Waals surface area contributed by atoms with Crippen molar-refractivity contribution in [1.29, 1.82) is 0 Å². The molecule has 1 aromatic rings. The fourth-order valence-electron chi connectivity index (χ4n) is 3.82. The maximum atomic E-state index is 3.82. The molecule has 0 radical (unpaired) electrons. The molecule has 1 nitrogen and oxygen atoms in total. The van der Waals surface area contributed by atoms with Crippen molar-refractivity contribution in [1.82, 2.24) is 5.32 Å². The van der Waals surface area contributed by atoms with E-state index in [0.29, 0.717) is 5.41 Å². The lowest BCUT2D eigenvalue weighted by atomic mass is 9.57. The second-order valence-electron chi connectivity index (χ2n) is 6.38. The highest BCUT2D eigenvalue weighted by Gasteiger charge is 2.46. The predicted octanol–water partition coefficient (Wildman–Crippen LogP) is 4.20. The molecule has 2 aliphatic rings. The van der Waals surface area contributed by atoms with Crippen molar-refractivity contribution in [3.63, 3.8) is 0 Å². The zero-order chi connectivity index (χ0) is 12.4. The zero-order valence-corrected chi connectivity index (χ0v) is 11.5. The van der Waals surface area contributed by atoms with Crippen molar-refractivity contribution < 1.29 is 0 Å². The SMILES string of the molecule is Cc1ccc(CN[C@H]2CCC23CCCCC3)cc1. The van der Waals surface area contributed by atoms with Crippen LogP contribution in [0.1, 0.15) is 56.1 Å². The third-order valence-corrected chi connectivity index (χ3v) is 5.19. The molecule has 0 aromatic heterocycles. The molecule has 2 fully saturated rings. The summed E-state index contributed by atoms with van der Waals surface area (Å²) in [5.41, 5.74) is 3.47. The molecule has 0 bridgehead atoms. The molecule has 98 valence electrons. The van der Waals surface area contributed by atoms with E-state index in [2.05, 4.69) is 36.5 Å². The fraction of sp³-hybridized carbons (Fsp3) is 0.647. The minimum Gasteiger partial charge on any atom is -0.309 e. The van der Waals surface area contributed by atoms with Gasteiger partial charge in [0.05, 0.1) is 0 Å². The van der Waals surface area contributed by atoms with Crippen molar-refractivity contribution >= 4 is 0 Å². The van der Waals surface area contributed by atoms with E-state index >= 15 is 0 Å².